The van der Waals surface area contributed by atoms with Gasteiger partial charge in [0.25, 0.3) is 0 Å². The van der Waals surface area contributed by atoms with E-state index in [1.807, 2.05) is 34.6 Å². The monoisotopic (exact) mass is 378 g/mol. The first-order valence-electron chi connectivity index (χ1n) is 8.41. The van der Waals surface area contributed by atoms with Gasteiger partial charge in [0, 0.05) is 18.5 Å². The molecule has 0 bridgehead atoms. The van der Waals surface area contributed by atoms with E-state index in [0.29, 0.717) is 30.1 Å². The molecule has 0 saturated heterocycles. The van der Waals surface area contributed by atoms with Crippen molar-refractivity contribution in [2.45, 2.75) is 34.6 Å². The lowest BCUT2D eigenvalue weighted by Gasteiger charge is -2.23. The Bertz CT molecular complexity index is 718. The van der Waals surface area contributed by atoms with Crippen molar-refractivity contribution in [2.75, 3.05) is 31.6 Å². The summed E-state index contributed by atoms with van der Waals surface area (Å²) >= 11 is 1.15. The zero-order valence-electron chi connectivity index (χ0n) is 16.2. The van der Waals surface area contributed by atoms with E-state index in [9.17, 15) is 14.4 Å². The normalized spacial score (nSPS) is 10.5. The number of likely N-dealkylation sites (N-methyl/N-ethyl adjacent to an activating group) is 1. The maximum absolute atomic E-state index is 12.3. The van der Waals surface area contributed by atoms with E-state index in [1.54, 1.807) is 11.0 Å². The van der Waals surface area contributed by atoms with Crippen molar-refractivity contribution in [3.63, 3.8) is 0 Å². The third kappa shape index (κ3) is 5.88. The molecule has 0 saturated carbocycles. The van der Waals surface area contributed by atoms with Gasteiger partial charge in [-0.2, -0.15) is 0 Å². The fraction of sp³-hybridized carbons (Fsp3) is 0.526. The summed E-state index contributed by atoms with van der Waals surface area (Å²) in [4.78, 5) is 39.8. The van der Waals surface area contributed by atoms with E-state index in [2.05, 4.69) is 11.8 Å². The van der Waals surface area contributed by atoms with Crippen molar-refractivity contribution in [1.82, 2.24) is 4.90 Å². The maximum atomic E-state index is 12.3. The largest absolute Gasteiger partial charge is 0.465 e. The van der Waals surface area contributed by atoms with Crippen molar-refractivity contribution < 1.29 is 19.1 Å². The van der Waals surface area contributed by atoms with Crippen molar-refractivity contribution in [3.8, 4) is 11.8 Å². The summed E-state index contributed by atoms with van der Waals surface area (Å²) in [5.41, 5.74) is 0.147. The minimum Gasteiger partial charge on any atom is -0.465 e. The smallest absolute Gasteiger partial charge is 0.350 e. The third-order valence-corrected chi connectivity index (χ3v) is 4.52. The second kappa shape index (κ2) is 9.39. The van der Waals surface area contributed by atoms with Crippen LogP contribution in [0.1, 0.15) is 49.2 Å². The Balaban J connectivity index is 3.26. The zero-order valence-corrected chi connectivity index (χ0v) is 17.0. The molecule has 2 amide bonds. The van der Waals surface area contributed by atoms with Crippen LogP contribution in [0, 0.1) is 17.3 Å². The maximum Gasteiger partial charge on any atom is 0.350 e. The van der Waals surface area contributed by atoms with Crippen LogP contribution in [0.25, 0.3) is 0 Å². The number of anilines is 1. The number of carbonyl (C=O) groups excluding carboxylic acids is 3. The van der Waals surface area contributed by atoms with Crippen LogP contribution < -0.4 is 4.90 Å². The molecule has 1 heterocycles. The molecule has 0 aliphatic rings. The van der Waals surface area contributed by atoms with Crippen LogP contribution >= 0.6 is 11.3 Å². The number of thiophene rings is 1. The second-order valence-corrected chi connectivity index (χ2v) is 7.67. The molecule has 7 heteroatoms. The molecule has 1 rings (SSSR count). The van der Waals surface area contributed by atoms with Gasteiger partial charge < -0.3 is 14.5 Å². The molecule has 0 aromatic carbocycles. The standard InChI is InChI=1S/C19H26N2O4S/c1-7-20(8-2)16(23)12-21(13-22)15-11-14(9-10-19(3,4)5)26-17(15)18(24)25-6/h11,13H,7-8,12H2,1-6H3. The van der Waals surface area contributed by atoms with Gasteiger partial charge in [0.15, 0.2) is 0 Å². The number of amides is 2. The summed E-state index contributed by atoms with van der Waals surface area (Å²) in [6.07, 6.45) is 0.552. The van der Waals surface area contributed by atoms with Gasteiger partial charge in [0.05, 0.1) is 17.7 Å². The van der Waals surface area contributed by atoms with Crippen LogP contribution in [0.15, 0.2) is 6.07 Å². The van der Waals surface area contributed by atoms with Crippen LogP contribution in [0.5, 0.6) is 0 Å². The summed E-state index contributed by atoms with van der Waals surface area (Å²) in [6.45, 7) is 10.7. The molecule has 0 unspecified atom stereocenters. The number of hydrogen-bond acceptors (Lipinski definition) is 5. The van der Waals surface area contributed by atoms with Gasteiger partial charge in [0.1, 0.15) is 11.4 Å². The van der Waals surface area contributed by atoms with Gasteiger partial charge >= 0.3 is 5.97 Å². The summed E-state index contributed by atoms with van der Waals surface area (Å²) in [5, 5.41) is 0. The average Bonchev–Trinajstić information content (AvgIpc) is 3.01. The fourth-order valence-electron chi connectivity index (χ4n) is 2.15. The first kappa shape index (κ1) is 21.7. The third-order valence-electron chi connectivity index (χ3n) is 3.50. The summed E-state index contributed by atoms with van der Waals surface area (Å²) in [6, 6.07) is 1.65. The van der Waals surface area contributed by atoms with Gasteiger partial charge in [-0.15, -0.1) is 11.3 Å². The van der Waals surface area contributed by atoms with E-state index in [-0.39, 0.29) is 22.7 Å². The van der Waals surface area contributed by atoms with Crippen molar-refractivity contribution in [2.24, 2.45) is 5.41 Å². The lowest BCUT2D eigenvalue weighted by Crippen LogP contribution is -2.40. The van der Waals surface area contributed by atoms with Crippen LogP contribution in [-0.4, -0.2) is 49.9 Å². The number of hydrogen-bond donors (Lipinski definition) is 0. The van der Waals surface area contributed by atoms with E-state index in [1.165, 1.54) is 12.0 Å². The highest BCUT2D eigenvalue weighted by atomic mass is 32.1. The molecule has 142 valence electrons. The molecule has 1 aromatic heterocycles. The highest BCUT2D eigenvalue weighted by Gasteiger charge is 2.24. The summed E-state index contributed by atoms with van der Waals surface area (Å²) < 4.78 is 4.81. The Kier molecular flexibility index (Phi) is 7.84. The first-order valence-corrected chi connectivity index (χ1v) is 9.23. The molecular weight excluding hydrogens is 352 g/mol. The Hall–Kier alpha value is -2.33. The first-order chi connectivity index (χ1) is 12.2. The van der Waals surface area contributed by atoms with Crippen molar-refractivity contribution in [1.29, 1.82) is 0 Å². The Morgan fingerprint density at radius 2 is 1.88 bits per heavy atom. The fourth-order valence-corrected chi connectivity index (χ4v) is 3.09. The number of esters is 1. The predicted octanol–water partition coefficient (Wildman–Crippen LogP) is 2.76. The Labute approximate surface area is 159 Å². The van der Waals surface area contributed by atoms with E-state index >= 15 is 0 Å². The lowest BCUT2D eigenvalue weighted by atomic mass is 9.98. The highest BCUT2D eigenvalue weighted by Crippen LogP contribution is 2.30. The quantitative estimate of drug-likeness (QED) is 0.416. The summed E-state index contributed by atoms with van der Waals surface area (Å²) in [7, 11) is 1.28. The van der Waals surface area contributed by atoms with E-state index in [0.717, 1.165) is 11.3 Å². The molecule has 0 N–H and O–H groups in total. The zero-order chi connectivity index (χ0) is 19.9. The molecule has 6 nitrogen and oxygen atoms in total. The number of ether oxygens (including phenoxy) is 1. The topological polar surface area (TPSA) is 66.9 Å². The molecule has 1 aromatic rings. The number of rotatable bonds is 7. The van der Waals surface area contributed by atoms with Crippen LogP contribution in [-0.2, 0) is 14.3 Å². The summed E-state index contributed by atoms with van der Waals surface area (Å²) in [5.74, 6) is 5.37. The van der Waals surface area contributed by atoms with E-state index in [4.69, 9.17) is 4.74 Å². The number of carbonyl (C=O) groups is 3. The van der Waals surface area contributed by atoms with E-state index < -0.39 is 5.97 Å². The van der Waals surface area contributed by atoms with Crippen molar-refractivity contribution >= 4 is 35.3 Å². The molecule has 0 fully saturated rings. The van der Waals surface area contributed by atoms with Gasteiger partial charge in [0.2, 0.25) is 12.3 Å². The molecular formula is C19H26N2O4S. The average molecular weight is 378 g/mol. The number of nitrogens with zero attached hydrogens (tertiary/aromatic N) is 2. The molecule has 0 aliphatic heterocycles. The SMILES string of the molecule is CCN(CC)C(=O)CN(C=O)c1cc(C#CC(C)(C)C)sc1C(=O)OC. The van der Waals surface area contributed by atoms with Crippen LogP contribution in [0.2, 0.25) is 0 Å². The molecule has 0 atom stereocenters. The second-order valence-electron chi connectivity index (χ2n) is 6.62. The van der Waals surface area contributed by atoms with Crippen molar-refractivity contribution in [3.05, 3.63) is 15.8 Å². The Morgan fingerprint density at radius 3 is 2.35 bits per heavy atom. The Morgan fingerprint density at radius 1 is 1.27 bits per heavy atom. The van der Waals surface area contributed by atoms with Gasteiger partial charge in [-0.05, 0) is 40.7 Å². The minimum absolute atomic E-state index is 0.141. The highest BCUT2D eigenvalue weighted by molar-refractivity contribution is 7.15. The lowest BCUT2D eigenvalue weighted by molar-refractivity contribution is -0.130. The molecule has 0 aliphatic carbocycles. The van der Waals surface area contributed by atoms with Gasteiger partial charge in [-0.1, -0.05) is 11.8 Å². The number of methoxy groups -OCH3 is 1. The van der Waals surface area contributed by atoms with Crippen LogP contribution in [0.4, 0.5) is 5.69 Å². The van der Waals surface area contributed by atoms with Gasteiger partial charge in [-0.25, -0.2) is 4.79 Å². The predicted molar refractivity (Wildman–Crippen MR) is 103 cm³/mol. The molecule has 26 heavy (non-hydrogen) atoms. The van der Waals surface area contributed by atoms with Gasteiger partial charge in [-0.3, -0.25) is 9.59 Å². The minimum atomic E-state index is -0.559. The molecule has 0 spiro atoms. The molecule has 0 radical (unpaired) electrons. The van der Waals surface area contributed by atoms with Crippen LogP contribution in [0.3, 0.4) is 0 Å².